The molecule has 0 atom stereocenters. The van der Waals surface area contributed by atoms with Gasteiger partial charge in [-0.15, -0.1) is 0 Å². The maximum absolute atomic E-state index is 12.7. The molecule has 1 fully saturated rings. The molecule has 0 aliphatic carbocycles. The topological polar surface area (TPSA) is 50.6 Å². The lowest BCUT2D eigenvalue weighted by Crippen LogP contribution is -2.60. The number of aromatic nitrogens is 2. The van der Waals surface area contributed by atoms with E-state index < -0.39 is 0 Å². The summed E-state index contributed by atoms with van der Waals surface area (Å²) in [4.78, 5) is 21.2. The highest BCUT2D eigenvalue weighted by atomic mass is 16.5. The number of nitrogens with zero attached hydrogens (tertiary/aromatic N) is 4. The monoisotopic (exact) mass is 356 g/mol. The van der Waals surface area contributed by atoms with Gasteiger partial charge in [0, 0.05) is 45.0 Å². The molecule has 0 unspecified atom stereocenters. The Morgan fingerprint density at radius 2 is 2.04 bits per heavy atom. The van der Waals surface area contributed by atoms with Crippen LogP contribution in [0.2, 0.25) is 0 Å². The number of methoxy groups -OCH3 is 1. The summed E-state index contributed by atoms with van der Waals surface area (Å²) >= 11 is 0. The van der Waals surface area contributed by atoms with Gasteiger partial charge in [-0.05, 0) is 32.9 Å². The molecule has 0 N–H and O–H groups in total. The highest BCUT2D eigenvalue weighted by Gasteiger charge is 2.36. The molecule has 1 aromatic carbocycles. The highest BCUT2D eigenvalue weighted by molar-refractivity contribution is 5.77. The molecule has 0 spiro atoms. The number of rotatable bonds is 5. The molecular weight excluding hydrogens is 328 g/mol. The Kier molecular flexibility index (Phi) is 5.20. The van der Waals surface area contributed by atoms with Crippen molar-refractivity contribution in [2.24, 2.45) is 0 Å². The van der Waals surface area contributed by atoms with Crippen LogP contribution in [0.1, 0.15) is 26.1 Å². The van der Waals surface area contributed by atoms with Gasteiger partial charge in [-0.1, -0.05) is 12.1 Å². The minimum Gasteiger partial charge on any atom is -0.495 e. The smallest absolute Gasteiger partial charge is 0.224 e. The lowest BCUT2D eigenvalue weighted by atomic mass is 9.97. The lowest BCUT2D eigenvalue weighted by molar-refractivity contribution is -0.132. The molecule has 140 valence electrons. The van der Waals surface area contributed by atoms with Gasteiger partial charge in [0.2, 0.25) is 5.91 Å². The summed E-state index contributed by atoms with van der Waals surface area (Å²) in [5.41, 5.74) is 0.925. The average molecular weight is 356 g/mol. The fourth-order valence-corrected chi connectivity index (χ4v) is 3.68. The van der Waals surface area contributed by atoms with Crippen molar-refractivity contribution >= 4 is 11.6 Å². The molecule has 3 rings (SSSR count). The second-order valence-corrected chi connectivity index (χ2v) is 7.37. The van der Waals surface area contributed by atoms with Crippen LogP contribution in [0.4, 0.5) is 5.69 Å². The van der Waals surface area contributed by atoms with Crippen molar-refractivity contribution in [1.29, 1.82) is 0 Å². The first-order valence-electron chi connectivity index (χ1n) is 9.08. The minimum atomic E-state index is -0.159. The summed E-state index contributed by atoms with van der Waals surface area (Å²) < 4.78 is 7.55. The van der Waals surface area contributed by atoms with Gasteiger partial charge < -0.3 is 19.1 Å². The zero-order valence-electron chi connectivity index (χ0n) is 16.1. The number of benzene rings is 1. The molecule has 0 radical (unpaired) electrons. The number of piperazine rings is 1. The Balaban J connectivity index is 1.66. The van der Waals surface area contributed by atoms with Crippen molar-refractivity contribution in [3.05, 3.63) is 42.5 Å². The van der Waals surface area contributed by atoms with Crippen molar-refractivity contribution < 1.29 is 9.53 Å². The van der Waals surface area contributed by atoms with E-state index in [0.717, 1.165) is 30.4 Å². The molecular formula is C20H28N4O2. The van der Waals surface area contributed by atoms with E-state index in [0.29, 0.717) is 19.5 Å². The van der Waals surface area contributed by atoms with E-state index in [1.807, 2.05) is 40.8 Å². The number of imidazole rings is 1. The Labute approximate surface area is 155 Å². The zero-order valence-corrected chi connectivity index (χ0v) is 16.1. The SMILES string of the molecule is COc1ccccc1N1CCN(C(=O)CCn2ccnc2C)CC1(C)C. The first-order chi connectivity index (χ1) is 12.4. The standard InChI is InChI=1S/C20H28N4O2/c1-16-21-10-12-22(16)11-9-19(25)23-13-14-24(20(2,3)15-23)17-7-5-6-8-18(17)26-4/h5-8,10,12H,9,11,13-15H2,1-4H3. The van der Waals surface area contributed by atoms with Crippen LogP contribution >= 0.6 is 0 Å². The molecule has 2 heterocycles. The molecule has 6 heteroatoms. The van der Waals surface area contributed by atoms with Gasteiger partial charge >= 0.3 is 0 Å². The number of para-hydroxylation sites is 2. The summed E-state index contributed by atoms with van der Waals surface area (Å²) in [7, 11) is 1.70. The van der Waals surface area contributed by atoms with Gasteiger partial charge in [-0.3, -0.25) is 4.79 Å². The van der Waals surface area contributed by atoms with E-state index in [9.17, 15) is 4.79 Å². The number of carbonyl (C=O) groups excluding carboxylic acids is 1. The van der Waals surface area contributed by atoms with E-state index >= 15 is 0 Å². The van der Waals surface area contributed by atoms with Crippen molar-refractivity contribution in [3.8, 4) is 5.75 Å². The van der Waals surface area contributed by atoms with Gasteiger partial charge in [0.05, 0.1) is 18.3 Å². The summed E-state index contributed by atoms with van der Waals surface area (Å²) in [6, 6.07) is 8.07. The molecule has 26 heavy (non-hydrogen) atoms. The van der Waals surface area contributed by atoms with E-state index in [2.05, 4.69) is 29.8 Å². The van der Waals surface area contributed by atoms with Gasteiger partial charge in [0.15, 0.2) is 0 Å². The normalized spacial score (nSPS) is 16.6. The third-order valence-electron chi connectivity index (χ3n) is 5.12. The average Bonchev–Trinajstić information content (AvgIpc) is 3.03. The van der Waals surface area contributed by atoms with Crippen LogP contribution in [-0.4, -0.2) is 52.6 Å². The van der Waals surface area contributed by atoms with Crippen LogP contribution < -0.4 is 9.64 Å². The second-order valence-electron chi connectivity index (χ2n) is 7.37. The van der Waals surface area contributed by atoms with Crippen LogP contribution in [-0.2, 0) is 11.3 Å². The minimum absolute atomic E-state index is 0.159. The fraction of sp³-hybridized carbons (Fsp3) is 0.500. The third-order valence-corrected chi connectivity index (χ3v) is 5.12. The fourth-order valence-electron chi connectivity index (χ4n) is 3.68. The van der Waals surface area contributed by atoms with Crippen LogP contribution in [0.5, 0.6) is 5.75 Å². The number of carbonyl (C=O) groups is 1. The largest absolute Gasteiger partial charge is 0.495 e. The first kappa shape index (κ1) is 18.3. The summed E-state index contributed by atoms with van der Waals surface area (Å²) in [5.74, 6) is 2.01. The molecule has 0 saturated carbocycles. The number of aryl methyl sites for hydroxylation is 2. The molecule has 1 aromatic heterocycles. The molecule has 1 amide bonds. The molecule has 1 aliphatic heterocycles. The summed E-state index contributed by atoms with van der Waals surface area (Å²) in [6.45, 7) is 9.22. The van der Waals surface area contributed by atoms with E-state index in [1.54, 1.807) is 13.3 Å². The maximum Gasteiger partial charge on any atom is 0.224 e. The van der Waals surface area contributed by atoms with Crippen LogP contribution in [0.25, 0.3) is 0 Å². The number of hydrogen-bond acceptors (Lipinski definition) is 4. The van der Waals surface area contributed by atoms with E-state index in [1.165, 1.54) is 0 Å². The van der Waals surface area contributed by atoms with Crippen molar-refractivity contribution in [1.82, 2.24) is 14.5 Å². The van der Waals surface area contributed by atoms with Crippen LogP contribution in [0.3, 0.4) is 0 Å². The van der Waals surface area contributed by atoms with Gasteiger partial charge in [-0.2, -0.15) is 0 Å². The van der Waals surface area contributed by atoms with Crippen LogP contribution in [0, 0.1) is 6.92 Å². The first-order valence-corrected chi connectivity index (χ1v) is 9.08. The lowest BCUT2D eigenvalue weighted by Gasteiger charge is -2.48. The van der Waals surface area contributed by atoms with Crippen LogP contribution in [0.15, 0.2) is 36.7 Å². The number of amides is 1. The molecule has 1 aliphatic rings. The van der Waals surface area contributed by atoms with E-state index in [-0.39, 0.29) is 11.4 Å². The second kappa shape index (κ2) is 7.40. The summed E-state index contributed by atoms with van der Waals surface area (Å²) in [6.07, 6.45) is 4.20. The highest BCUT2D eigenvalue weighted by Crippen LogP contribution is 2.34. The molecule has 0 bridgehead atoms. The van der Waals surface area contributed by atoms with Gasteiger partial charge in [0.25, 0.3) is 0 Å². The maximum atomic E-state index is 12.7. The molecule has 1 saturated heterocycles. The van der Waals surface area contributed by atoms with Crippen molar-refractivity contribution in [3.63, 3.8) is 0 Å². The number of hydrogen-bond donors (Lipinski definition) is 0. The molecule has 2 aromatic rings. The Morgan fingerprint density at radius 3 is 2.69 bits per heavy atom. The zero-order chi connectivity index (χ0) is 18.7. The Hall–Kier alpha value is -2.50. The Morgan fingerprint density at radius 1 is 1.27 bits per heavy atom. The Bertz CT molecular complexity index is 769. The summed E-state index contributed by atoms with van der Waals surface area (Å²) in [5, 5.41) is 0. The predicted octanol–water partition coefficient (Wildman–Crippen LogP) is 2.72. The van der Waals surface area contributed by atoms with Crippen molar-refractivity contribution in [2.45, 2.75) is 39.3 Å². The predicted molar refractivity (Wildman–Crippen MR) is 103 cm³/mol. The van der Waals surface area contributed by atoms with Gasteiger partial charge in [-0.25, -0.2) is 4.98 Å². The van der Waals surface area contributed by atoms with Crippen molar-refractivity contribution in [2.75, 3.05) is 31.6 Å². The number of ether oxygens (including phenoxy) is 1. The number of anilines is 1. The van der Waals surface area contributed by atoms with Gasteiger partial charge in [0.1, 0.15) is 11.6 Å². The third kappa shape index (κ3) is 3.69. The quantitative estimate of drug-likeness (QED) is 0.827. The van der Waals surface area contributed by atoms with E-state index in [4.69, 9.17) is 4.74 Å². The molecule has 6 nitrogen and oxygen atoms in total.